The van der Waals surface area contributed by atoms with Crippen molar-refractivity contribution in [3.05, 3.63) is 39.8 Å². The molecule has 0 saturated heterocycles. The summed E-state index contributed by atoms with van der Waals surface area (Å²) in [6.07, 6.45) is 0. The highest BCUT2D eigenvalue weighted by Crippen LogP contribution is 2.33. The quantitative estimate of drug-likeness (QED) is 0.783. The first-order chi connectivity index (χ1) is 11.8. The number of carboxylic acid groups (broad SMARTS) is 1. The van der Waals surface area contributed by atoms with E-state index >= 15 is 0 Å². The highest BCUT2D eigenvalue weighted by molar-refractivity contribution is 7.09. The highest BCUT2D eigenvalue weighted by atomic mass is 32.1. The first-order valence-electron chi connectivity index (χ1n) is 7.48. The molecule has 25 heavy (non-hydrogen) atoms. The van der Waals surface area contributed by atoms with Crippen LogP contribution in [-0.4, -0.2) is 36.2 Å². The van der Waals surface area contributed by atoms with Gasteiger partial charge < -0.3 is 19.9 Å². The zero-order chi connectivity index (χ0) is 18.6. The van der Waals surface area contributed by atoms with E-state index in [1.54, 1.807) is 33.1 Å². The van der Waals surface area contributed by atoms with Crippen molar-refractivity contribution >= 4 is 23.2 Å². The summed E-state index contributed by atoms with van der Waals surface area (Å²) in [6, 6.07) is 5.33. The van der Waals surface area contributed by atoms with Crippen LogP contribution in [0.5, 0.6) is 11.5 Å². The molecule has 8 heteroatoms. The van der Waals surface area contributed by atoms with Crippen molar-refractivity contribution in [1.29, 1.82) is 0 Å². The fraction of sp³-hybridized carbons (Fsp3) is 0.353. The smallest absolute Gasteiger partial charge is 0.355 e. The van der Waals surface area contributed by atoms with Gasteiger partial charge in [0.1, 0.15) is 5.01 Å². The van der Waals surface area contributed by atoms with Crippen LogP contribution in [0.3, 0.4) is 0 Å². The number of nitrogens with one attached hydrogen (secondary N) is 1. The predicted molar refractivity (Wildman–Crippen MR) is 93.5 cm³/mol. The van der Waals surface area contributed by atoms with Gasteiger partial charge in [0.25, 0.3) is 0 Å². The van der Waals surface area contributed by atoms with Crippen molar-refractivity contribution in [1.82, 2.24) is 10.3 Å². The van der Waals surface area contributed by atoms with Gasteiger partial charge in [0.2, 0.25) is 5.91 Å². The van der Waals surface area contributed by atoms with Crippen molar-refractivity contribution < 1.29 is 24.2 Å². The van der Waals surface area contributed by atoms with Gasteiger partial charge in [-0.1, -0.05) is 6.07 Å². The van der Waals surface area contributed by atoms with Crippen molar-refractivity contribution in [2.75, 3.05) is 14.2 Å². The Morgan fingerprint density at radius 3 is 2.48 bits per heavy atom. The van der Waals surface area contributed by atoms with Gasteiger partial charge in [0, 0.05) is 5.38 Å². The van der Waals surface area contributed by atoms with Crippen LogP contribution in [0.15, 0.2) is 23.6 Å². The monoisotopic (exact) mass is 364 g/mol. The summed E-state index contributed by atoms with van der Waals surface area (Å²) in [5.74, 6) is -0.148. The average Bonchev–Trinajstić information content (AvgIpc) is 3.08. The topological polar surface area (TPSA) is 97.8 Å². The number of carboxylic acids is 1. The molecule has 2 aromatic rings. The molecule has 0 atom stereocenters. The van der Waals surface area contributed by atoms with E-state index in [1.807, 2.05) is 6.07 Å². The molecule has 1 aromatic carbocycles. The second kappa shape index (κ2) is 7.52. The van der Waals surface area contributed by atoms with Crippen molar-refractivity contribution in [2.45, 2.75) is 25.8 Å². The molecule has 0 aliphatic rings. The Labute approximate surface area is 149 Å². The number of methoxy groups -OCH3 is 2. The predicted octanol–water partition coefficient (Wildman–Crippen LogP) is 2.45. The summed E-state index contributed by atoms with van der Waals surface area (Å²) in [7, 11) is 3.09. The summed E-state index contributed by atoms with van der Waals surface area (Å²) in [4.78, 5) is 27.4. The van der Waals surface area contributed by atoms with E-state index in [4.69, 9.17) is 14.6 Å². The van der Waals surface area contributed by atoms with Gasteiger partial charge in [-0.3, -0.25) is 4.79 Å². The van der Waals surface area contributed by atoms with E-state index in [9.17, 15) is 9.59 Å². The van der Waals surface area contributed by atoms with Gasteiger partial charge in [-0.05, 0) is 31.5 Å². The molecule has 2 N–H and O–H groups in total. The zero-order valence-corrected chi connectivity index (χ0v) is 15.3. The summed E-state index contributed by atoms with van der Waals surface area (Å²) < 4.78 is 10.5. The van der Waals surface area contributed by atoms with E-state index in [2.05, 4.69) is 10.3 Å². The van der Waals surface area contributed by atoms with Crippen LogP contribution >= 0.6 is 11.3 Å². The second-order valence-corrected chi connectivity index (χ2v) is 6.75. The maximum atomic E-state index is 12.6. The molecule has 0 spiro atoms. The van der Waals surface area contributed by atoms with E-state index in [0.29, 0.717) is 16.5 Å². The SMILES string of the molecule is COc1ccc(C(C)(C)C(=O)NCc2nc(C(=O)O)cs2)cc1OC. The molecule has 1 amide bonds. The van der Waals surface area contributed by atoms with Crippen LogP contribution in [-0.2, 0) is 16.8 Å². The largest absolute Gasteiger partial charge is 0.493 e. The molecule has 1 heterocycles. The molecular formula is C17H20N2O5S. The number of aromatic carboxylic acids is 1. The Hall–Kier alpha value is -2.61. The number of nitrogens with zero attached hydrogens (tertiary/aromatic N) is 1. The lowest BCUT2D eigenvalue weighted by Gasteiger charge is -2.25. The standard InChI is InChI=1S/C17H20N2O5S/c1-17(2,10-5-6-12(23-3)13(7-10)24-4)16(22)18-8-14-19-11(9-25-14)15(20)21/h5-7,9H,8H2,1-4H3,(H,18,22)(H,20,21). The van der Waals surface area contributed by atoms with Gasteiger partial charge in [-0.2, -0.15) is 0 Å². The number of carbonyl (C=O) groups is 2. The molecular weight excluding hydrogens is 344 g/mol. The fourth-order valence-electron chi connectivity index (χ4n) is 2.22. The van der Waals surface area contributed by atoms with Gasteiger partial charge in [0.15, 0.2) is 17.2 Å². The Morgan fingerprint density at radius 1 is 1.24 bits per heavy atom. The molecule has 7 nitrogen and oxygen atoms in total. The van der Waals surface area contributed by atoms with Crippen LogP contribution in [0.1, 0.15) is 34.9 Å². The molecule has 2 rings (SSSR count). The van der Waals surface area contributed by atoms with E-state index in [1.165, 1.54) is 23.8 Å². The van der Waals surface area contributed by atoms with E-state index in [0.717, 1.165) is 5.56 Å². The number of aromatic nitrogens is 1. The maximum Gasteiger partial charge on any atom is 0.355 e. The number of ether oxygens (including phenoxy) is 2. The Morgan fingerprint density at radius 2 is 1.92 bits per heavy atom. The lowest BCUT2D eigenvalue weighted by atomic mass is 9.83. The molecule has 0 saturated carbocycles. The number of thiazole rings is 1. The van der Waals surface area contributed by atoms with Crippen LogP contribution in [0.25, 0.3) is 0 Å². The lowest BCUT2D eigenvalue weighted by molar-refractivity contribution is -0.125. The molecule has 134 valence electrons. The van der Waals surface area contributed by atoms with E-state index in [-0.39, 0.29) is 18.1 Å². The summed E-state index contributed by atoms with van der Waals surface area (Å²) in [6.45, 7) is 3.77. The molecule has 1 aromatic heterocycles. The minimum Gasteiger partial charge on any atom is -0.493 e. The third-order valence-corrected chi connectivity index (χ3v) is 4.69. The Bertz CT molecular complexity index is 785. The summed E-state index contributed by atoms with van der Waals surface area (Å²) in [5, 5.41) is 13.7. The third-order valence-electron chi connectivity index (χ3n) is 3.84. The minimum absolute atomic E-state index is 0.0200. The summed E-state index contributed by atoms with van der Waals surface area (Å²) >= 11 is 1.19. The maximum absolute atomic E-state index is 12.6. The number of benzene rings is 1. The van der Waals surface area contributed by atoms with Crippen molar-refractivity contribution in [2.24, 2.45) is 0 Å². The van der Waals surface area contributed by atoms with Crippen molar-refractivity contribution in [3.8, 4) is 11.5 Å². The minimum atomic E-state index is -1.08. The molecule has 0 radical (unpaired) electrons. The first-order valence-corrected chi connectivity index (χ1v) is 8.36. The molecule has 0 unspecified atom stereocenters. The van der Waals surface area contributed by atoms with Crippen LogP contribution in [0.4, 0.5) is 0 Å². The number of carbonyl (C=O) groups excluding carboxylic acids is 1. The van der Waals surface area contributed by atoms with Crippen LogP contribution in [0, 0.1) is 0 Å². The number of amides is 1. The average molecular weight is 364 g/mol. The molecule has 0 bridgehead atoms. The second-order valence-electron chi connectivity index (χ2n) is 5.81. The van der Waals surface area contributed by atoms with Gasteiger partial charge in [-0.25, -0.2) is 9.78 Å². The Kier molecular flexibility index (Phi) is 5.63. The van der Waals surface area contributed by atoms with Crippen LogP contribution < -0.4 is 14.8 Å². The van der Waals surface area contributed by atoms with E-state index < -0.39 is 11.4 Å². The number of hydrogen-bond acceptors (Lipinski definition) is 6. The Balaban J connectivity index is 2.12. The number of hydrogen-bond donors (Lipinski definition) is 2. The van der Waals surface area contributed by atoms with Crippen LogP contribution in [0.2, 0.25) is 0 Å². The fourth-order valence-corrected chi connectivity index (χ4v) is 2.93. The molecule has 0 aliphatic carbocycles. The molecule has 0 fully saturated rings. The first kappa shape index (κ1) is 18.7. The molecule has 0 aliphatic heterocycles. The summed E-state index contributed by atoms with van der Waals surface area (Å²) in [5.41, 5.74) is -0.0617. The highest BCUT2D eigenvalue weighted by Gasteiger charge is 2.30. The van der Waals surface area contributed by atoms with Gasteiger partial charge in [-0.15, -0.1) is 11.3 Å². The van der Waals surface area contributed by atoms with Crippen molar-refractivity contribution in [3.63, 3.8) is 0 Å². The zero-order valence-electron chi connectivity index (χ0n) is 14.5. The normalized spacial score (nSPS) is 11.0. The third kappa shape index (κ3) is 4.08. The van der Waals surface area contributed by atoms with Gasteiger partial charge >= 0.3 is 5.97 Å². The number of rotatable bonds is 7. The van der Waals surface area contributed by atoms with Gasteiger partial charge in [0.05, 0.1) is 26.2 Å². The lowest BCUT2D eigenvalue weighted by Crippen LogP contribution is -2.39.